The summed E-state index contributed by atoms with van der Waals surface area (Å²) in [6, 6.07) is 0. The third-order valence-corrected chi connectivity index (χ3v) is 0. The SMILES string of the molecule is O.O.O.O.[Ac].[Ac].[Ac].[Ac].[Po]. The van der Waals surface area contributed by atoms with Crippen LogP contribution in [-0.4, -0.2) is 48.5 Å². The van der Waals surface area contributed by atoms with Gasteiger partial charge in [0.1, 0.15) is 0 Å². The van der Waals surface area contributed by atoms with Crippen molar-refractivity contribution in [3.05, 3.63) is 0 Å². The molecule has 9 heteroatoms. The van der Waals surface area contributed by atoms with Crippen molar-refractivity contribution >= 4 is 26.6 Å². The Kier molecular flexibility index (Phi) is 536. The van der Waals surface area contributed by atoms with E-state index in [1.807, 2.05) is 0 Å². The molecule has 0 aliphatic carbocycles. The van der Waals surface area contributed by atoms with Crippen LogP contribution in [0.25, 0.3) is 0 Å². The fourth-order valence-corrected chi connectivity index (χ4v) is 0. The first-order valence-corrected chi connectivity index (χ1v) is 0. The van der Waals surface area contributed by atoms with Gasteiger partial charge < -0.3 is 21.9 Å². The molecule has 0 unspecified atom stereocenters. The molecule has 0 saturated heterocycles. The van der Waals surface area contributed by atoms with Crippen LogP contribution in [0.15, 0.2) is 0 Å². The molecule has 0 heterocycles. The Morgan fingerprint density at radius 2 is 0.333 bits per heavy atom. The molecule has 0 aromatic carbocycles. The summed E-state index contributed by atoms with van der Waals surface area (Å²) in [5.74, 6) is 0. The predicted molar refractivity (Wildman–Crippen MR) is 20.2 cm³/mol. The van der Waals surface area contributed by atoms with Crippen molar-refractivity contribution in [1.29, 1.82) is 0 Å². The van der Waals surface area contributed by atoms with Gasteiger partial charge in [-0.2, -0.15) is 0 Å². The molecule has 0 rings (SSSR count). The standard InChI is InChI=1S/4Ac.4H2O.Po/h;;;;4*1H2;. The van der Waals surface area contributed by atoms with Gasteiger partial charge in [-0.1, -0.05) is 0 Å². The summed E-state index contributed by atoms with van der Waals surface area (Å²) in [7, 11) is 0. The quantitative estimate of drug-likeness (QED) is 0.238. The Labute approximate surface area is 217 Å². The zero-order valence-corrected chi connectivity index (χ0v) is 26.9. The Balaban J connectivity index is 0. The largest absolute Gasteiger partial charge is 0.412 e. The molecule has 9 heavy (non-hydrogen) atoms. The van der Waals surface area contributed by atoms with Gasteiger partial charge in [0.05, 0.1) is 0 Å². The van der Waals surface area contributed by atoms with Crippen LogP contribution in [0.1, 0.15) is 0 Å². The van der Waals surface area contributed by atoms with Crippen molar-refractivity contribution in [2.45, 2.75) is 0 Å². The molecule has 0 saturated carbocycles. The smallest absolute Gasteiger partial charge is 0 e. The summed E-state index contributed by atoms with van der Waals surface area (Å²) in [5, 5.41) is 0. The van der Waals surface area contributed by atoms with Crippen LogP contribution in [0, 0.1) is 176 Å². The average Bonchev–Trinajstić information content (AvgIpc) is 0. The monoisotopic (exact) mass is 1190 g/mol. The number of hydrogen-bond acceptors (Lipinski definition) is 0. The van der Waals surface area contributed by atoms with Crippen LogP contribution >= 0.6 is 0 Å². The van der Waals surface area contributed by atoms with Gasteiger partial charge in [0.2, 0.25) is 0 Å². The topological polar surface area (TPSA) is 126 Å². The minimum atomic E-state index is 0. The molecule has 0 aromatic heterocycles. The van der Waals surface area contributed by atoms with E-state index < -0.39 is 0 Å². The van der Waals surface area contributed by atoms with Crippen molar-refractivity contribution in [3.63, 3.8) is 0 Å². The first-order chi connectivity index (χ1) is 0. The van der Waals surface area contributed by atoms with Crippen LogP contribution in [-0.2, 0) is 0 Å². The van der Waals surface area contributed by atoms with Crippen molar-refractivity contribution in [2.75, 3.05) is 0 Å². The minimum absolute atomic E-state index is 0. The van der Waals surface area contributed by atoms with E-state index >= 15 is 0 Å². The maximum atomic E-state index is 0. The molecule has 0 aliphatic rings. The van der Waals surface area contributed by atoms with Crippen molar-refractivity contribution in [3.8, 4) is 0 Å². The summed E-state index contributed by atoms with van der Waals surface area (Å²) in [6.07, 6.45) is 0. The number of hydrogen-bond donors (Lipinski definition) is 0. The molecule has 0 aliphatic heterocycles. The Bertz CT molecular complexity index is 12.5. The summed E-state index contributed by atoms with van der Waals surface area (Å²) in [5.41, 5.74) is 0. The van der Waals surface area contributed by atoms with E-state index in [2.05, 4.69) is 0 Å². The third-order valence-electron chi connectivity index (χ3n) is 0. The van der Waals surface area contributed by atoms with E-state index in [0.29, 0.717) is 0 Å². The fourth-order valence-electron chi connectivity index (χ4n) is 0. The molecule has 0 fully saturated rings. The van der Waals surface area contributed by atoms with E-state index in [-0.39, 0.29) is 225 Å². The summed E-state index contributed by atoms with van der Waals surface area (Å²) in [6.45, 7) is 0. The molecule has 0 amide bonds. The van der Waals surface area contributed by atoms with Crippen LogP contribution < -0.4 is 0 Å². The fraction of sp³-hybridized carbons (Fsp3) is 0. The first kappa shape index (κ1) is 77.1. The van der Waals surface area contributed by atoms with E-state index in [1.54, 1.807) is 0 Å². The van der Waals surface area contributed by atoms with Crippen LogP contribution in [0.4, 0.5) is 0 Å². The normalized spacial score (nSPS) is 0. The number of rotatable bonds is 0. The second-order valence-corrected chi connectivity index (χ2v) is 0. The van der Waals surface area contributed by atoms with E-state index in [0.717, 1.165) is 0 Å². The minimum Gasteiger partial charge on any atom is -0.412 e. The van der Waals surface area contributed by atoms with Gasteiger partial charge in [-0.15, -0.1) is 0 Å². The van der Waals surface area contributed by atoms with Gasteiger partial charge in [0, 0.05) is 203 Å². The summed E-state index contributed by atoms with van der Waals surface area (Å²) >= 11 is 0. The third kappa shape index (κ3) is 53.6. The molecule has 50 valence electrons. The molecule has 6 radical (unpaired) electrons. The molecular weight excluding hydrogens is 1180 g/mol. The molecular formula is H8Ac4O4Po. The Morgan fingerprint density at radius 1 is 0.333 bits per heavy atom. The summed E-state index contributed by atoms with van der Waals surface area (Å²) < 4.78 is 0. The average molecular weight is 1190 g/mol. The van der Waals surface area contributed by atoms with Gasteiger partial charge in [0.25, 0.3) is 0 Å². The molecule has 0 aromatic rings. The van der Waals surface area contributed by atoms with E-state index in [4.69, 9.17) is 0 Å². The molecule has 4 nitrogen and oxygen atoms in total. The zero-order valence-electron chi connectivity index (χ0n) is 4.72. The van der Waals surface area contributed by atoms with Crippen LogP contribution in [0.5, 0.6) is 0 Å². The van der Waals surface area contributed by atoms with Crippen LogP contribution in [0.2, 0.25) is 0 Å². The van der Waals surface area contributed by atoms with Gasteiger partial charge in [-0.05, 0) is 0 Å². The van der Waals surface area contributed by atoms with Crippen molar-refractivity contribution in [2.24, 2.45) is 0 Å². The van der Waals surface area contributed by atoms with Crippen molar-refractivity contribution in [1.82, 2.24) is 0 Å². The van der Waals surface area contributed by atoms with Gasteiger partial charge in [-0.3, -0.25) is 0 Å². The van der Waals surface area contributed by atoms with E-state index in [9.17, 15) is 0 Å². The predicted octanol–water partition coefficient (Wildman–Crippen LogP) is -3.68. The zero-order chi connectivity index (χ0) is 0. The second-order valence-electron chi connectivity index (χ2n) is 0. The second kappa shape index (κ2) is 62.5. The molecule has 8 N–H and O–H groups in total. The van der Waals surface area contributed by atoms with Crippen LogP contribution in [0.3, 0.4) is 0 Å². The maximum absolute atomic E-state index is 0. The Hall–Kier alpha value is 6.50. The maximum Gasteiger partial charge on any atom is 0 e. The van der Waals surface area contributed by atoms with E-state index in [1.165, 1.54) is 0 Å². The molecule has 0 spiro atoms. The Morgan fingerprint density at radius 3 is 0.333 bits per heavy atom. The van der Waals surface area contributed by atoms with Crippen molar-refractivity contribution < 1.29 is 198 Å². The van der Waals surface area contributed by atoms with Gasteiger partial charge >= 0.3 is 0 Å². The molecule has 0 bridgehead atoms. The first-order valence-electron chi connectivity index (χ1n) is 0. The van der Waals surface area contributed by atoms with Gasteiger partial charge in [-0.25, -0.2) is 0 Å². The van der Waals surface area contributed by atoms with Gasteiger partial charge in [0.15, 0.2) is 0 Å². The molecule has 0 atom stereocenters. The summed E-state index contributed by atoms with van der Waals surface area (Å²) in [4.78, 5) is 0.